The molecule has 1 heterocycles. The number of amides is 1. The van der Waals surface area contributed by atoms with E-state index in [1.165, 1.54) is 12.8 Å². The molecule has 27 heavy (non-hydrogen) atoms. The molecular weight excluding hydrogens is 360 g/mol. The van der Waals surface area contributed by atoms with Crippen molar-refractivity contribution in [1.29, 1.82) is 0 Å². The number of hydrogen-bond donors (Lipinski definition) is 1. The van der Waals surface area contributed by atoms with Crippen molar-refractivity contribution < 1.29 is 9.53 Å². The van der Waals surface area contributed by atoms with Crippen LogP contribution in [0.2, 0.25) is 5.02 Å². The normalized spacial score (nSPS) is 16.8. The topological polar surface area (TPSA) is 41.6 Å². The molecule has 0 spiro atoms. The molecule has 144 valence electrons. The first-order valence-electron chi connectivity index (χ1n) is 9.56. The van der Waals surface area contributed by atoms with Crippen LogP contribution >= 0.6 is 11.6 Å². The summed E-state index contributed by atoms with van der Waals surface area (Å²) in [6.07, 6.45) is 1.90. The molecule has 1 amide bonds. The van der Waals surface area contributed by atoms with Crippen molar-refractivity contribution >= 4 is 17.5 Å². The summed E-state index contributed by atoms with van der Waals surface area (Å²) in [5.74, 6) is -0.0860. The number of ether oxygens (including phenoxy) is 1. The SMILES string of the molecule is CC(OCc1ccccc1)C(=O)NCC(c1cccc(Cl)c1)N1CCCC1. The predicted molar refractivity (Wildman–Crippen MR) is 109 cm³/mol. The molecule has 1 saturated heterocycles. The second kappa shape index (κ2) is 9.88. The molecule has 3 rings (SSSR count). The van der Waals surface area contributed by atoms with Gasteiger partial charge in [-0.1, -0.05) is 54.1 Å². The molecular formula is C22H27ClN2O2. The van der Waals surface area contributed by atoms with Gasteiger partial charge in [0.2, 0.25) is 5.91 Å². The van der Waals surface area contributed by atoms with Gasteiger partial charge in [-0.3, -0.25) is 9.69 Å². The van der Waals surface area contributed by atoms with Crippen molar-refractivity contribution in [3.63, 3.8) is 0 Å². The van der Waals surface area contributed by atoms with E-state index < -0.39 is 6.10 Å². The number of nitrogens with zero attached hydrogens (tertiary/aromatic N) is 1. The van der Waals surface area contributed by atoms with Crippen molar-refractivity contribution in [3.8, 4) is 0 Å². The number of carbonyl (C=O) groups excluding carboxylic acids is 1. The summed E-state index contributed by atoms with van der Waals surface area (Å²) in [6.45, 7) is 4.88. The molecule has 2 unspecified atom stereocenters. The molecule has 5 heteroatoms. The second-order valence-corrected chi connectivity index (χ2v) is 7.43. The van der Waals surface area contributed by atoms with Crippen LogP contribution in [0.5, 0.6) is 0 Å². The molecule has 4 nitrogen and oxygen atoms in total. The molecule has 1 aliphatic heterocycles. The minimum Gasteiger partial charge on any atom is -0.364 e. The van der Waals surface area contributed by atoms with Crippen molar-refractivity contribution in [1.82, 2.24) is 10.2 Å². The van der Waals surface area contributed by atoms with Gasteiger partial charge in [0.1, 0.15) is 6.10 Å². The number of carbonyl (C=O) groups is 1. The molecule has 1 fully saturated rings. The highest BCUT2D eigenvalue weighted by Gasteiger charge is 2.25. The van der Waals surface area contributed by atoms with Gasteiger partial charge in [-0.15, -0.1) is 0 Å². The molecule has 1 aliphatic rings. The second-order valence-electron chi connectivity index (χ2n) is 7.00. The van der Waals surface area contributed by atoms with E-state index in [0.717, 1.165) is 29.2 Å². The summed E-state index contributed by atoms with van der Waals surface area (Å²) in [4.78, 5) is 14.9. The zero-order chi connectivity index (χ0) is 19.1. The Hall–Kier alpha value is -1.88. The average Bonchev–Trinajstić information content (AvgIpc) is 3.21. The van der Waals surface area contributed by atoms with Gasteiger partial charge >= 0.3 is 0 Å². The van der Waals surface area contributed by atoms with Crippen LogP contribution in [0.1, 0.15) is 36.9 Å². The van der Waals surface area contributed by atoms with E-state index in [2.05, 4.69) is 16.3 Å². The highest BCUT2D eigenvalue weighted by atomic mass is 35.5. The Labute approximate surface area is 166 Å². The lowest BCUT2D eigenvalue weighted by atomic mass is 10.1. The molecule has 0 aromatic heterocycles. The Kier molecular flexibility index (Phi) is 7.27. The third-order valence-corrected chi connectivity index (χ3v) is 5.23. The van der Waals surface area contributed by atoms with Gasteiger partial charge in [-0.05, 0) is 56.1 Å². The standard InChI is InChI=1S/C22H27ClN2O2/c1-17(27-16-18-8-3-2-4-9-18)22(26)24-15-21(25-12-5-6-13-25)19-10-7-11-20(23)14-19/h2-4,7-11,14,17,21H,5-6,12-13,15-16H2,1H3,(H,24,26). The predicted octanol–water partition coefficient (Wildman–Crippen LogP) is 4.20. The summed E-state index contributed by atoms with van der Waals surface area (Å²) >= 11 is 6.18. The fraction of sp³-hybridized carbons (Fsp3) is 0.409. The van der Waals surface area contributed by atoms with Crippen LogP contribution < -0.4 is 5.32 Å². The van der Waals surface area contributed by atoms with Crippen molar-refractivity contribution in [3.05, 3.63) is 70.7 Å². The quantitative estimate of drug-likeness (QED) is 0.739. The lowest BCUT2D eigenvalue weighted by Gasteiger charge is -2.29. The van der Waals surface area contributed by atoms with E-state index in [1.54, 1.807) is 6.92 Å². The minimum atomic E-state index is -0.496. The molecule has 2 aromatic rings. The van der Waals surface area contributed by atoms with Crippen LogP contribution in [0, 0.1) is 0 Å². The van der Waals surface area contributed by atoms with E-state index in [9.17, 15) is 4.79 Å². The zero-order valence-electron chi connectivity index (χ0n) is 15.7. The van der Waals surface area contributed by atoms with E-state index in [-0.39, 0.29) is 11.9 Å². The zero-order valence-corrected chi connectivity index (χ0v) is 16.5. The van der Waals surface area contributed by atoms with Crippen molar-refractivity contribution in [2.45, 2.75) is 38.5 Å². The maximum atomic E-state index is 12.5. The Morgan fingerprint density at radius 1 is 1.15 bits per heavy atom. The fourth-order valence-corrected chi connectivity index (χ4v) is 3.64. The molecule has 0 radical (unpaired) electrons. The number of halogens is 1. The number of nitrogens with one attached hydrogen (secondary N) is 1. The molecule has 1 N–H and O–H groups in total. The highest BCUT2D eigenvalue weighted by Crippen LogP contribution is 2.26. The van der Waals surface area contributed by atoms with Gasteiger partial charge in [-0.25, -0.2) is 0 Å². The van der Waals surface area contributed by atoms with E-state index in [4.69, 9.17) is 16.3 Å². The van der Waals surface area contributed by atoms with Gasteiger partial charge in [0.05, 0.1) is 12.6 Å². The number of hydrogen-bond acceptors (Lipinski definition) is 3. The van der Waals surface area contributed by atoms with Crippen molar-refractivity contribution in [2.75, 3.05) is 19.6 Å². The lowest BCUT2D eigenvalue weighted by Crippen LogP contribution is -2.41. The van der Waals surface area contributed by atoms with E-state index >= 15 is 0 Å². The summed E-state index contributed by atoms with van der Waals surface area (Å²) < 4.78 is 5.73. The van der Waals surface area contributed by atoms with Crippen LogP contribution in [0.25, 0.3) is 0 Å². The fourth-order valence-electron chi connectivity index (χ4n) is 3.44. The summed E-state index contributed by atoms with van der Waals surface area (Å²) in [5.41, 5.74) is 2.20. The van der Waals surface area contributed by atoms with E-state index in [1.807, 2.05) is 48.5 Å². The monoisotopic (exact) mass is 386 g/mol. The lowest BCUT2D eigenvalue weighted by molar-refractivity contribution is -0.132. The molecule has 0 bridgehead atoms. The van der Waals surface area contributed by atoms with Gasteiger partial charge in [-0.2, -0.15) is 0 Å². The van der Waals surface area contributed by atoms with Crippen LogP contribution in [0.3, 0.4) is 0 Å². The first-order chi connectivity index (χ1) is 13.1. The molecule has 2 atom stereocenters. The van der Waals surface area contributed by atoms with Crippen LogP contribution in [-0.2, 0) is 16.1 Å². The van der Waals surface area contributed by atoms with Crippen LogP contribution in [-0.4, -0.2) is 36.5 Å². The molecule has 0 saturated carbocycles. The van der Waals surface area contributed by atoms with Gasteiger partial charge in [0.25, 0.3) is 0 Å². The number of benzene rings is 2. The summed E-state index contributed by atoms with van der Waals surface area (Å²) in [5, 5.41) is 3.79. The maximum Gasteiger partial charge on any atom is 0.248 e. The van der Waals surface area contributed by atoms with Gasteiger partial charge in [0, 0.05) is 11.6 Å². The van der Waals surface area contributed by atoms with Crippen molar-refractivity contribution in [2.24, 2.45) is 0 Å². The third-order valence-electron chi connectivity index (χ3n) is 5.00. The largest absolute Gasteiger partial charge is 0.364 e. The molecule has 2 aromatic carbocycles. The third kappa shape index (κ3) is 5.80. The summed E-state index contributed by atoms with van der Waals surface area (Å²) in [6, 6.07) is 17.9. The Balaban J connectivity index is 1.56. The Bertz CT molecular complexity index is 732. The summed E-state index contributed by atoms with van der Waals surface area (Å²) in [7, 11) is 0. The average molecular weight is 387 g/mol. The van der Waals surface area contributed by atoms with E-state index in [0.29, 0.717) is 13.2 Å². The number of rotatable bonds is 8. The van der Waals surface area contributed by atoms with Gasteiger partial charge in [0.15, 0.2) is 0 Å². The van der Waals surface area contributed by atoms with Crippen LogP contribution in [0.4, 0.5) is 0 Å². The first kappa shape index (κ1) is 19.9. The minimum absolute atomic E-state index is 0.0860. The Morgan fingerprint density at radius 3 is 2.59 bits per heavy atom. The van der Waals surface area contributed by atoms with Gasteiger partial charge < -0.3 is 10.1 Å². The smallest absolute Gasteiger partial charge is 0.248 e. The Morgan fingerprint density at radius 2 is 1.89 bits per heavy atom. The number of likely N-dealkylation sites (tertiary alicyclic amines) is 1. The maximum absolute atomic E-state index is 12.5. The molecule has 0 aliphatic carbocycles. The first-order valence-corrected chi connectivity index (χ1v) is 9.94. The highest BCUT2D eigenvalue weighted by molar-refractivity contribution is 6.30. The van der Waals surface area contributed by atoms with Crippen LogP contribution in [0.15, 0.2) is 54.6 Å².